The zero-order chi connectivity index (χ0) is 22.8. The largest absolute Gasteiger partial charge is 0.484 e. The van der Waals surface area contributed by atoms with E-state index >= 15 is 0 Å². The summed E-state index contributed by atoms with van der Waals surface area (Å²) in [7, 11) is 2.08. The van der Waals surface area contributed by atoms with Crippen LogP contribution in [0.2, 0.25) is 0 Å². The highest BCUT2D eigenvalue weighted by atomic mass is 32.1. The molecule has 168 valence electrons. The van der Waals surface area contributed by atoms with Crippen molar-refractivity contribution >= 4 is 40.2 Å². The Balaban J connectivity index is 1.17. The van der Waals surface area contributed by atoms with Gasteiger partial charge in [0.05, 0.1) is 12.2 Å². The molecule has 0 radical (unpaired) electrons. The molecule has 9 heteroatoms. The van der Waals surface area contributed by atoms with E-state index in [1.54, 1.807) is 30.5 Å². The van der Waals surface area contributed by atoms with Gasteiger partial charge >= 0.3 is 0 Å². The third-order valence-corrected chi connectivity index (χ3v) is 6.53. The van der Waals surface area contributed by atoms with Crippen molar-refractivity contribution in [3.05, 3.63) is 69.7 Å². The summed E-state index contributed by atoms with van der Waals surface area (Å²) in [6.45, 7) is 2.34. The van der Waals surface area contributed by atoms with Crippen molar-refractivity contribution in [1.82, 2.24) is 9.88 Å². The van der Waals surface area contributed by atoms with Gasteiger partial charge in [-0.1, -0.05) is 12.1 Å². The molecule has 0 fully saturated rings. The number of hydrogen-bond donors (Lipinski definition) is 2. The van der Waals surface area contributed by atoms with E-state index in [4.69, 9.17) is 4.74 Å². The highest BCUT2D eigenvalue weighted by molar-refractivity contribution is 7.15. The fourth-order valence-corrected chi connectivity index (χ4v) is 4.88. The lowest BCUT2D eigenvalue weighted by Crippen LogP contribution is -2.25. The van der Waals surface area contributed by atoms with Crippen molar-refractivity contribution in [3.63, 3.8) is 0 Å². The Kier molecular flexibility index (Phi) is 5.89. The van der Waals surface area contributed by atoms with Crippen LogP contribution in [0, 0.1) is 0 Å². The van der Waals surface area contributed by atoms with Gasteiger partial charge in [0.15, 0.2) is 11.7 Å². The van der Waals surface area contributed by atoms with E-state index < -0.39 is 0 Å². The number of ether oxygens (including phenoxy) is 1. The summed E-state index contributed by atoms with van der Waals surface area (Å²) in [4.78, 5) is 37.2. The van der Waals surface area contributed by atoms with Crippen molar-refractivity contribution in [2.24, 2.45) is 4.99 Å². The van der Waals surface area contributed by atoms with E-state index in [1.807, 2.05) is 18.2 Å². The maximum Gasteiger partial charge on any atom is 0.262 e. The predicted octanol–water partition coefficient (Wildman–Crippen LogP) is 3.33. The number of rotatable bonds is 6. The molecule has 0 spiro atoms. The molecule has 0 saturated heterocycles. The van der Waals surface area contributed by atoms with Crippen molar-refractivity contribution in [2.75, 3.05) is 30.8 Å². The normalized spacial score (nSPS) is 14.5. The Hall–Kier alpha value is -3.56. The number of benzene rings is 2. The molecule has 0 atom stereocenters. The molecule has 2 aliphatic rings. The van der Waals surface area contributed by atoms with Crippen LogP contribution in [-0.2, 0) is 24.3 Å². The van der Waals surface area contributed by atoms with Crippen molar-refractivity contribution in [2.45, 2.75) is 19.5 Å². The number of likely N-dealkylation sites (N-methyl/N-ethyl adjacent to an activating group) is 1. The quantitative estimate of drug-likeness (QED) is 0.587. The first-order chi connectivity index (χ1) is 16.0. The molecule has 5 rings (SSSR count). The zero-order valence-corrected chi connectivity index (χ0v) is 18.9. The Morgan fingerprint density at radius 3 is 3.00 bits per heavy atom. The van der Waals surface area contributed by atoms with Crippen LogP contribution in [0.5, 0.6) is 5.75 Å². The molecule has 0 bridgehead atoms. The molecule has 33 heavy (non-hydrogen) atoms. The highest BCUT2D eigenvalue weighted by Crippen LogP contribution is 2.28. The number of nitrogens with one attached hydrogen (secondary N) is 2. The van der Waals surface area contributed by atoms with Crippen LogP contribution >= 0.6 is 11.3 Å². The Morgan fingerprint density at radius 2 is 2.09 bits per heavy atom. The van der Waals surface area contributed by atoms with Gasteiger partial charge in [0.2, 0.25) is 0 Å². The highest BCUT2D eigenvalue weighted by Gasteiger charge is 2.19. The number of aliphatic imine (C=N–C) groups is 1. The lowest BCUT2D eigenvalue weighted by Gasteiger charge is -2.20. The molecule has 8 nitrogen and oxygen atoms in total. The summed E-state index contributed by atoms with van der Waals surface area (Å²) in [5, 5.41) is 6.31. The van der Waals surface area contributed by atoms with Crippen LogP contribution in [0.1, 0.15) is 32.1 Å². The Morgan fingerprint density at radius 1 is 1.18 bits per heavy atom. The van der Waals surface area contributed by atoms with Gasteiger partial charge in [0, 0.05) is 41.9 Å². The number of hydrogen-bond acceptors (Lipinski definition) is 7. The van der Waals surface area contributed by atoms with Gasteiger partial charge in [0.25, 0.3) is 11.8 Å². The van der Waals surface area contributed by atoms with Crippen LogP contribution in [0.4, 0.5) is 10.8 Å². The molecule has 0 saturated carbocycles. The lowest BCUT2D eigenvalue weighted by molar-refractivity contribution is -0.118. The summed E-state index contributed by atoms with van der Waals surface area (Å²) >= 11 is 1.51. The molecular formula is C24H23N5O3S. The van der Waals surface area contributed by atoms with E-state index in [-0.39, 0.29) is 18.4 Å². The summed E-state index contributed by atoms with van der Waals surface area (Å²) in [5.74, 6) is -0.0961. The molecular weight excluding hydrogens is 438 g/mol. The lowest BCUT2D eigenvalue weighted by atomic mass is 10.1. The number of thiazole rings is 1. The fourth-order valence-electron chi connectivity index (χ4n) is 3.80. The minimum atomic E-state index is -0.280. The molecule has 2 N–H and O–H groups in total. The Labute approximate surface area is 195 Å². The van der Waals surface area contributed by atoms with Crippen LogP contribution in [0.15, 0.2) is 47.5 Å². The van der Waals surface area contributed by atoms with Gasteiger partial charge < -0.3 is 15.0 Å². The maximum absolute atomic E-state index is 12.7. The summed E-state index contributed by atoms with van der Waals surface area (Å²) in [6, 6.07) is 12.5. The first kappa shape index (κ1) is 21.3. The molecule has 3 heterocycles. The average Bonchev–Trinajstić information content (AvgIpc) is 3.43. The third-order valence-electron chi connectivity index (χ3n) is 5.53. The number of nitrogens with zero attached hydrogens (tertiary/aromatic N) is 3. The SMILES string of the molecule is CN1CCc2nc(NC(=O)c3cccc(OCC(=O)Nc4ccc5c(c4)C=NC5)c3)sc2C1. The minimum Gasteiger partial charge on any atom is -0.484 e. The molecule has 2 aliphatic heterocycles. The number of aromatic nitrogens is 1. The van der Waals surface area contributed by atoms with Gasteiger partial charge in [-0.2, -0.15) is 0 Å². The summed E-state index contributed by atoms with van der Waals surface area (Å²) in [6.07, 6.45) is 2.69. The molecule has 2 aromatic carbocycles. The molecule has 1 aromatic heterocycles. The molecule has 0 aliphatic carbocycles. The van der Waals surface area contributed by atoms with Crippen LogP contribution in [0.3, 0.4) is 0 Å². The Bertz CT molecular complexity index is 1250. The van der Waals surface area contributed by atoms with Gasteiger partial charge in [-0.15, -0.1) is 11.3 Å². The molecule has 3 aromatic rings. The number of anilines is 2. The topological polar surface area (TPSA) is 95.9 Å². The van der Waals surface area contributed by atoms with E-state index in [0.29, 0.717) is 28.7 Å². The maximum atomic E-state index is 12.7. The minimum absolute atomic E-state index is 0.164. The second kappa shape index (κ2) is 9.13. The van der Waals surface area contributed by atoms with E-state index in [0.717, 1.165) is 36.3 Å². The second-order valence-corrected chi connectivity index (χ2v) is 9.16. The van der Waals surface area contributed by atoms with Crippen LogP contribution in [-0.4, -0.2) is 48.1 Å². The monoisotopic (exact) mass is 461 g/mol. The summed E-state index contributed by atoms with van der Waals surface area (Å²) < 4.78 is 5.61. The van der Waals surface area contributed by atoms with Crippen molar-refractivity contribution in [1.29, 1.82) is 0 Å². The molecule has 0 unspecified atom stereocenters. The van der Waals surface area contributed by atoms with E-state index in [9.17, 15) is 9.59 Å². The van der Waals surface area contributed by atoms with Crippen LogP contribution < -0.4 is 15.4 Å². The van der Waals surface area contributed by atoms with Gasteiger partial charge in [0.1, 0.15) is 5.75 Å². The number of fused-ring (bicyclic) bond motifs is 2. The number of amides is 2. The van der Waals surface area contributed by atoms with Crippen molar-refractivity contribution < 1.29 is 14.3 Å². The van der Waals surface area contributed by atoms with Crippen molar-refractivity contribution in [3.8, 4) is 5.75 Å². The number of carbonyl (C=O) groups excluding carboxylic acids is 2. The smallest absolute Gasteiger partial charge is 0.262 e. The first-order valence-corrected chi connectivity index (χ1v) is 11.5. The van der Waals surface area contributed by atoms with Gasteiger partial charge in [-0.25, -0.2) is 4.98 Å². The number of carbonyl (C=O) groups is 2. The second-order valence-electron chi connectivity index (χ2n) is 8.08. The standard InChI is InChI=1S/C24H23N5O3S/c1-29-8-7-20-21(13-29)33-24(27-20)28-23(31)15-3-2-4-19(10-15)32-14-22(30)26-18-6-5-16-11-25-12-17(16)9-18/h2-6,9-10,12H,7-8,11,13-14H2,1H3,(H,26,30)(H,27,28,31). The van der Waals surface area contributed by atoms with Crippen LogP contribution in [0.25, 0.3) is 0 Å². The van der Waals surface area contributed by atoms with Gasteiger partial charge in [-0.05, 0) is 48.5 Å². The summed E-state index contributed by atoms with van der Waals surface area (Å²) in [5.41, 5.74) is 4.36. The fraction of sp³-hybridized carbons (Fsp3) is 0.250. The molecule has 2 amide bonds. The predicted molar refractivity (Wildman–Crippen MR) is 128 cm³/mol. The van der Waals surface area contributed by atoms with E-state index in [1.165, 1.54) is 16.2 Å². The van der Waals surface area contributed by atoms with Gasteiger partial charge in [-0.3, -0.25) is 19.9 Å². The first-order valence-electron chi connectivity index (χ1n) is 10.7. The third kappa shape index (κ3) is 4.94. The zero-order valence-electron chi connectivity index (χ0n) is 18.1. The average molecular weight is 462 g/mol. The van der Waals surface area contributed by atoms with E-state index in [2.05, 4.69) is 32.6 Å².